The number of rotatable bonds is 5. The molecular formula is C18H26ClN3O4. The van der Waals surface area contributed by atoms with E-state index in [1.54, 1.807) is 0 Å². The maximum Gasteiger partial charge on any atom is 0.265 e. The predicted octanol–water partition coefficient (Wildman–Crippen LogP) is 1.77. The second-order valence-corrected chi connectivity index (χ2v) is 6.48. The van der Waals surface area contributed by atoms with Gasteiger partial charge >= 0.3 is 0 Å². The van der Waals surface area contributed by atoms with Gasteiger partial charge in [0.1, 0.15) is 5.75 Å². The third-order valence-corrected chi connectivity index (χ3v) is 4.50. The van der Waals surface area contributed by atoms with Gasteiger partial charge in [0.25, 0.3) is 5.91 Å². The van der Waals surface area contributed by atoms with Crippen molar-refractivity contribution < 1.29 is 19.1 Å². The Hall–Kier alpha value is -1.83. The molecule has 0 saturated carbocycles. The van der Waals surface area contributed by atoms with Crippen molar-refractivity contribution >= 4 is 29.9 Å². The van der Waals surface area contributed by atoms with Crippen molar-refractivity contribution in [1.82, 2.24) is 10.6 Å². The average Bonchev–Trinajstić information content (AvgIpc) is 2.61. The van der Waals surface area contributed by atoms with Crippen molar-refractivity contribution in [2.24, 2.45) is 0 Å². The van der Waals surface area contributed by atoms with E-state index in [1.165, 1.54) is 0 Å². The molecule has 1 aromatic carbocycles. The number of benzene rings is 1. The van der Waals surface area contributed by atoms with Crippen molar-refractivity contribution in [2.45, 2.75) is 44.9 Å². The molecule has 3 N–H and O–H groups in total. The normalized spacial score (nSPS) is 22.9. The second kappa shape index (κ2) is 9.21. The molecule has 0 radical (unpaired) electrons. The molecule has 3 atom stereocenters. The fraction of sp³-hybridized carbons (Fsp3) is 0.556. The molecule has 3 unspecified atom stereocenters. The van der Waals surface area contributed by atoms with Gasteiger partial charge in [-0.1, -0.05) is 13.0 Å². The summed E-state index contributed by atoms with van der Waals surface area (Å²) in [6.45, 7) is 5.87. The monoisotopic (exact) mass is 383 g/mol. The zero-order valence-corrected chi connectivity index (χ0v) is 15.9. The molecule has 3 rings (SSSR count). The summed E-state index contributed by atoms with van der Waals surface area (Å²) < 4.78 is 11.1. The molecule has 2 aliphatic heterocycles. The Kier molecular flexibility index (Phi) is 7.25. The number of hydrogen-bond donors (Lipinski definition) is 3. The first-order chi connectivity index (χ1) is 12.1. The molecule has 26 heavy (non-hydrogen) atoms. The third kappa shape index (κ3) is 4.87. The first-order valence-electron chi connectivity index (χ1n) is 8.78. The maximum absolute atomic E-state index is 12.2. The minimum atomic E-state index is -0.468. The fourth-order valence-corrected chi connectivity index (χ4v) is 3.06. The molecule has 1 saturated heterocycles. The summed E-state index contributed by atoms with van der Waals surface area (Å²) in [6.07, 6.45) is 0.530. The van der Waals surface area contributed by atoms with Gasteiger partial charge in [0, 0.05) is 19.0 Å². The molecule has 0 aliphatic carbocycles. The standard InChI is InChI=1S/C18H25N3O4.ClH/c1-3-15-18(23)21-14-5-4-12(8-16(14)25-15)11(2)20-17(22)9-13-10-24-7-6-19-13;/h4-5,8,11,13,15,19H,3,6-7,9-10H2,1-2H3,(H,20,22)(H,21,23);1H. The topological polar surface area (TPSA) is 88.7 Å². The molecule has 1 fully saturated rings. The van der Waals surface area contributed by atoms with Crippen molar-refractivity contribution in [2.75, 3.05) is 25.1 Å². The summed E-state index contributed by atoms with van der Waals surface area (Å²) in [5, 5.41) is 9.13. The van der Waals surface area contributed by atoms with Gasteiger partial charge in [0.05, 0.1) is 24.9 Å². The Morgan fingerprint density at radius 3 is 2.92 bits per heavy atom. The van der Waals surface area contributed by atoms with Crippen LogP contribution >= 0.6 is 12.4 Å². The highest BCUT2D eigenvalue weighted by Gasteiger charge is 2.26. The molecule has 144 valence electrons. The van der Waals surface area contributed by atoms with Crippen LogP contribution in [0.4, 0.5) is 5.69 Å². The largest absolute Gasteiger partial charge is 0.478 e. The molecule has 7 nitrogen and oxygen atoms in total. The van der Waals surface area contributed by atoms with E-state index >= 15 is 0 Å². The molecule has 2 amide bonds. The number of ether oxygens (including phenoxy) is 2. The van der Waals surface area contributed by atoms with Crippen molar-refractivity contribution in [1.29, 1.82) is 0 Å². The molecule has 8 heteroatoms. The van der Waals surface area contributed by atoms with Crippen LogP contribution < -0.4 is 20.7 Å². The van der Waals surface area contributed by atoms with Gasteiger partial charge in [-0.25, -0.2) is 0 Å². The molecule has 2 aliphatic rings. The Balaban J connectivity index is 0.00000243. The smallest absolute Gasteiger partial charge is 0.265 e. The van der Waals surface area contributed by atoms with E-state index in [0.29, 0.717) is 37.5 Å². The fourth-order valence-electron chi connectivity index (χ4n) is 3.06. The minimum absolute atomic E-state index is 0. The lowest BCUT2D eigenvalue weighted by molar-refractivity contribution is -0.124. The highest BCUT2D eigenvalue weighted by molar-refractivity contribution is 5.97. The van der Waals surface area contributed by atoms with Crippen LogP contribution in [0.25, 0.3) is 0 Å². The highest BCUT2D eigenvalue weighted by Crippen LogP contribution is 2.33. The predicted molar refractivity (Wildman–Crippen MR) is 101 cm³/mol. The highest BCUT2D eigenvalue weighted by atomic mass is 35.5. The van der Waals surface area contributed by atoms with Gasteiger partial charge in [-0.15, -0.1) is 12.4 Å². The summed E-state index contributed by atoms with van der Waals surface area (Å²) in [5.41, 5.74) is 1.60. The van der Waals surface area contributed by atoms with Crippen LogP contribution in [0.15, 0.2) is 18.2 Å². The SMILES string of the molecule is CCC1Oc2cc(C(C)NC(=O)CC3COCCN3)ccc2NC1=O.Cl. The van der Waals surface area contributed by atoms with E-state index in [9.17, 15) is 9.59 Å². The molecule has 0 spiro atoms. The van der Waals surface area contributed by atoms with E-state index < -0.39 is 6.10 Å². The van der Waals surface area contributed by atoms with E-state index in [4.69, 9.17) is 9.47 Å². The quantitative estimate of drug-likeness (QED) is 0.721. The number of halogens is 1. The Labute approximate surface area is 159 Å². The van der Waals surface area contributed by atoms with E-state index in [2.05, 4.69) is 16.0 Å². The lowest BCUT2D eigenvalue weighted by Gasteiger charge is -2.27. The lowest BCUT2D eigenvalue weighted by Crippen LogP contribution is -2.44. The van der Waals surface area contributed by atoms with Gasteiger partial charge in [-0.3, -0.25) is 9.59 Å². The van der Waals surface area contributed by atoms with Crippen LogP contribution in [-0.2, 0) is 14.3 Å². The Morgan fingerprint density at radius 1 is 1.42 bits per heavy atom. The van der Waals surface area contributed by atoms with E-state index in [1.807, 2.05) is 32.0 Å². The lowest BCUT2D eigenvalue weighted by atomic mass is 10.1. The first-order valence-corrected chi connectivity index (χ1v) is 8.78. The molecule has 1 aromatic rings. The van der Waals surface area contributed by atoms with Crippen LogP contribution in [0.2, 0.25) is 0 Å². The summed E-state index contributed by atoms with van der Waals surface area (Å²) in [4.78, 5) is 24.1. The summed E-state index contributed by atoms with van der Waals surface area (Å²) >= 11 is 0. The number of carbonyl (C=O) groups is 2. The average molecular weight is 384 g/mol. The number of amides is 2. The number of nitrogens with one attached hydrogen (secondary N) is 3. The van der Waals surface area contributed by atoms with Crippen LogP contribution in [-0.4, -0.2) is 43.7 Å². The van der Waals surface area contributed by atoms with Crippen LogP contribution in [0.1, 0.15) is 38.3 Å². The molecule has 2 heterocycles. The van der Waals surface area contributed by atoms with Crippen molar-refractivity contribution in [3.63, 3.8) is 0 Å². The van der Waals surface area contributed by atoms with Gasteiger partial charge < -0.3 is 25.4 Å². The minimum Gasteiger partial charge on any atom is -0.478 e. The van der Waals surface area contributed by atoms with Crippen LogP contribution in [0.5, 0.6) is 5.75 Å². The number of carbonyl (C=O) groups excluding carboxylic acids is 2. The zero-order valence-electron chi connectivity index (χ0n) is 15.0. The van der Waals surface area contributed by atoms with Gasteiger partial charge in [0.15, 0.2) is 6.10 Å². The molecule has 0 aromatic heterocycles. The number of anilines is 1. The third-order valence-electron chi connectivity index (χ3n) is 4.50. The van der Waals surface area contributed by atoms with E-state index in [-0.39, 0.29) is 36.3 Å². The molecule has 0 bridgehead atoms. The number of morpholine rings is 1. The van der Waals surface area contributed by atoms with Crippen molar-refractivity contribution in [3.8, 4) is 5.75 Å². The Morgan fingerprint density at radius 2 is 2.23 bits per heavy atom. The molecular weight excluding hydrogens is 358 g/mol. The van der Waals surface area contributed by atoms with Crippen molar-refractivity contribution in [3.05, 3.63) is 23.8 Å². The summed E-state index contributed by atoms with van der Waals surface area (Å²) in [5.74, 6) is 0.507. The zero-order chi connectivity index (χ0) is 17.8. The number of hydrogen-bond acceptors (Lipinski definition) is 5. The van der Waals surface area contributed by atoms with Crippen LogP contribution in [0.3, 0.4) is 0 Å². The maximum atomic E-state index is 12.2. The van der Waals surface area contributed by atoms with E-state index in [0.717, 1.165) is 12.1 Å². The summed E-state index contributed by atoms with van der Waals surface area (Å²) in [7, 11) is 0. The second-order valence-electron chi connectivity index (χ2n) is 6.48. The number of fused-ring (bicyclic) bond motifs is 1. The first kappa shape index (κ1) is 20.5. The van der Waals surface area contributed by atoms with Gasteiger partial charge in [0.2, 0.25) is 5.91 Å². The Bertz CT molecular complexity index is 649. The van der Waals surface area contributed by atoms with Crippen LogP contribution in [0, 0.1) is 0 Å². The summed E-state index contributed by atoms with van der Waals surface area (Å²) in [6, 6.07) is 5.50. The van der Waals surface area contributed by atoms with Gasteiger partial charge in [-0.05, 0) is 31.0 Å². The van der Waals surface area contributed by atoms with Gasteiger partial charge in [-0.2, -0.15) is 0 Å².